The van der Waals surface area contributed by atoms with Gasteiger partial charge in [-0.15, -0.1) is 0 Å². The Morgan fingerprint density at radius 1 is 1.39 bits per heavy atom. The Morgan fingerprint density at radius 3 is 2.67 bits per heavy atom. The van der Waals surface area contributed by atoms with E-state index in [0.29, 0.717) is 6.42 Å². The molecule has 1 aliphatic carbocycles. The van der Waals surface area contributed by atoms with Gasteiger partial charge in [0.2, 0.25) is 5.91 Å². The Kier molecular flexibility index (Phi) is 6.12. The van der Waals surface area contributed by atoms with E-state index < -0.39 is 0 Å². The molecule has 0 aromatic rings. The molecule has 0 heterocycles. The van der Waals surface area contributed by atoms with Crippen molar-refractivity contribution in [2.45, 2.75) is 57.5 Å². The van der Waals surface area contributed by atoms with Crippen LogP contribution in [0.25, 0.3) is 0 Å². The highest BCUT2D eigenvalue weighted by molar-refractivity contribution is 5.77. The highest BCUT2D eigenvalue weighted by atomic mass is 16.5. The van der Waals surface area contributed by atoms with E-state index >= 15 is 0 Å². The van der Waals surface area contributed by atoms with Crippen LogP contribution in [-0.4, -0.2) is 31.1 Å². The van der Waals surface area contributed by atoms with Gasteiger partial charge in [-0.1, -0.05) is 12.8 Å². The first-order valence-corrected chi connectivity index (χ1v) is 6.64. The lowest BCUT2D eigenvalue weighted by molar-refractivity contribution is -0.141. The highest BCUT2D eigenvalue weighted by Crippen LogP contribution is 2.25. The number of ether oxygens (including phenoxy) is 1. The molecule has 0 aromatic carbocycles. The summed E-state index contributed by atoms with van der Waals surface area (Å²) in [4.78, 5) is 22.9. The standard InChI is InChI=1S/C13H24N2O3/c1-9(7-13(17)18-2)15-12(16)8-10-5-3-4-6-11(10)14/h9-11H,3-8,14H2,1-2H3,(H,15,16). The van der Waals surface area contributed by atoms with Crippen molar-refractivity contribution in [3.8, 4) is 0 Å². The highest BCUT2D eigenvalue weighted by Gasteiger charge is 2.24. The van der Waals surface area contributed by atoms with E-state index in [1.54, 1.807) is 6.92 Å². The van der Waals surface area contributed by atoms with Gasteiger partial charge in [-0.2, -0.15) is 0 Å². The number of nitrogens with two attached hydrogens (primary N) is 1. The van der Waals surface area contributed by atoms with Gasteiger partial charge in [0.05, 0.1) is 13.5 Å². The van der Waals surface area contributed by atoms with Crippen LogP contribution in [0.2, 0.25) is 0 Å². The summed E-state index contributed by atoms with van der Waals surface area (Å²) in [5, 5.41) is 2.82. The van der Waals surface area contributed by atoms with Crippen LogP contribution in [0.5, 0.6) is 0 Å². The van der Waals surface area contributed by atoms with Crippen molar-refractivity contribution in [2.24, 2.45) is 11.7 Å². The summed E-state index contributed by atoms with van der Waals surface area (Å²) < 4.78 is 4.56. The Hall–Kier alpha value is -1.10. The van der Waals surface area contributed by atoms with Gasteiger partial charge in [0, 0.05) is 18.5 Å². The molecule has 3 unspecified atom stereocenters. The van der Waals surface area contributed by atoms with E-state index in [9.17, 15) is 9.59 Å². The average molecular weight is 256 g/mol. The molecule has 104 valence electrons. The largest absolute Gasteiger partial charge is 0.469 e. The van der Waals surface area contributed by atoms with Gasteiger partial charge in [0.1, 0.15) is 0 Å². The number of hydrogen-bond donors (Lipinski definition) is 2. The fourth-order valence-electron chi connectivity index (χ4n) is 2.45. The molecule has 0 saturated heterocycles. The van der Waals surface area contributed by atoms with Gasteiger partial charge in [0.25, 0.3) is 0 Å². The molecule has 0 aliphatic heterocycles. The molecule has 0 bridgehead atoms. The summed E-state index contributed by atoms with van der Waals surface area (Å²) in [6.07, 6.45) is 5.03. The van der Waals surface area contributed by atoms with E-state index in [-0.39, 0.29) is 36.3 Å². The van der Waals surface area contributed by atoms with E-state index in [0.717, 1.165) is 25.7 Å². The van der Waals surface area contributed by atoms with Crippen molar-refractivity contribution in [1.29, 1.82) is 0 Å². The maximum Gasteiger partial charge on any atom is 0.307 e. The van der Waals surface area contributed by atoms with Crippen molar-refractivity contribution in [3.05, 3.63) is 0 Å². The van der Waals surface area contributed by atoms with E-state index in [4.69, 9.17) is 5.73 Å². The van der Waals surface area contributed by atoms with Gasteiger partial charge in [-0.3, -0.25) is 9.59 Å². The zero-order valence-electron chi connectivity index (χ0n) is 11.3. The minimum Gasteiger partial charge on any atom is -0.469 e. The first-order chi connectivity index (χ1) is 8.52. The number of carbonyl (C=O) groups is 2. The van der Waals surface area contributed by atoms with Gasteiger partial charge in [0.15, 0.2) is 0 Å². The number of esters is 1. The summed E-state index contributed by atoms with van der Waals surface area (Å²) in [7, 11) is 1.35. The van der Waals surface area contributed by atoms with Crippen LogP contribution in [0.15, 0.2) is 0 Å². The quantitative estimate of drug-likeness (QED) is 0.718. The third kappa shape index (κ3) is 5.04. The lowest BCUT2D eigenvalue weighted by Gasteiger charge is -2.28. The number of hydrogen-bond acceptors (Lipinski definition) is 4. The molecule has 1 rings (SSSR count). The molecular weight excluding hydrogens is 232 g/mol. The van der Waals surface area contributed by atoms with Crippen LogP contribution in [0, 0.1) is 5.92 Å². The monoisotopic (exact) mass is 256 g/mol. The first-order valence-electron chi connectivity index (χ1n) is 6.64. The second-order valence-corrected chi connectivity index (χ2v) is 5.16. The van der Waals surface area contributed by atoms with E-state index in [1.807, 2.05) is 0 Å². The molecule has 0 radical (unpaired) electrons. The Labute approximate surface area is 108 Å². The van der Waals surface area contributed by atoms with Crippen LogP contribution >= 0.6 is 0 Å². The second-order valence-electron chi connectivity index (χ2n) is 5.16. The van der Waals surface area contributed by atoms with Crippen molar-refractivity contribution in [2.75, 3.05) is 7.11 Å². The van der Waals surface area contributed by atoms with Gasteiger partial charge >= 0.3 is 5.97 Å². The van der Waals surface area contributed by atoms with Crippen LogP contribution in [0.1, 0.15) is 45.4 Å². The zero-order valence-corrected chi connectivity index (χ0v) is 11.3. The van der Waals surface area contributed by atoms with Crippen molar-refractivity contribution < 1.29 is 14.3 Å². The normalized spacial score (nSPS) is 25.3. The zero-order chi connectivity index (χ0) is 13.5. The van der Waals surface area contributed by atoms with Gasteiger partial charge < -0.3 is 15.8 Å². The van der Waals surface area contributed by atoms with Gasteiger partial charge in [-0.25, -0.2) is 0 Å². The van der Waals surface area contributed by atoms with Crippen LogP contribution in [0.3, 0.4) is 0 Å². The van der Waals surface area contributed by atoms with E-state index in [2.05, 4.69) is 10.1 Å². The molecule has 1 aliphatic rings. The lowest BCUT2D eigenvalue weighted by atomic mass is 9.83. The van der Waals surface area contributed by atoms with Crippen molar-refractivity contribution in [3.63, 3.8) is 0 Å². The fourth-order valence-corrected chi connectivity index (χ4v) is 2.45. The summed E-state index contributed by atoms with van der Waals surface area (Å²) in [6, 6.07) is -0.0508. The van der Waals surface area contributed by atoms with Crippen LogP contribution in [0.4, 0.5) is 0 Å². The molecule has 5 heteroatoms. The van der Waals surface area contributed by atoms with Crippen LogP contribution in [-0.2, 0) is 14.3 Å². The average Bonchev–Trinajstić information content (AvgIpc) is 2.31. The minimum absolute atomic E-state index is 0.0197. The Bertz CT molecular complexity index is 294. The van der Waals surface area contributed by atoms with Crippen LogP contribution < -0.4 is 11.1 Å². The maximum atomic E-state index is 11.8. The molecule has 3 N–H and O–H groups in total. The maximum absolute atomic E-state index is 11.8. The smallest absolute Gasteiger partial charge is 0.307 e. The summed E-state index contributed by atoms with van der Waals surface area (Å²) in [5.74, 6) is -0.0463. The molecule has 0 spiro atoms. The summed E-state index contributed by atoms with van der Waals surface area (Å²) in [6.45, 7) is 1.80. The fraction of sp³-hybridized carbons (Fsp3) is 0.846. The molecule has 0 aromatic heterocycles. The molecule has 18 heavy (non-hydrogen) atoms. The SMILES string of the molecule is COC(=O)CC(C)NC(=O)CC1CCCCC1N. The molecule has 1 fully saturated rings. The van der Waals surface area contributed by atoms with Crippen molar-refractivity contribution >= 4 is 11.9 Å². The molecular formula is C13H24N2O3. The number of methoxy groups -OCH3 is 1. The topological polar surface area (TPSA) is 81.4 Å². The number of rotatable bonds is 5. The molecule has 1 amide bonds. The molecule has 3 atom stereocenters. The predicted molar refractivity (Wildman–Crippen MR) is 68.8 cm³/mol. The number of nitrogens with one attached hydrogen (secondary N) is 1. The Balaban J connectivity index is 2.29. The lowest BCUT2D eigenvalue weighted by Crippen LogP contribution is -2.40. The third-order valence-electron chi connectivity index (χ3n) is 3.52. The van der Waals surface area contributed by atoms with E-state index in [1.165, 1.54) is 7.11 Å². The second kappa shape index (κ2) is 7.36. The number of carbonyl (C=O) groups excluding carboxylic acids is 2. The molecule has 5 nitrogen and oxygen atoms in total. The first kappa shape index (κ1) is 15.0. The predicted octanol–water partition coefficient (Wildman–Crippen LogP) is 0.962. The Morgan fingerprint density at radius 2 is 2.06 bits per heavy atom. The number of amides is 1. The third-order valence-corrected chi connectivity index (χ3v) is 3.52. The summed E-state index contributed by atoms with van der Waals surface area (Å²) in [5.41, 5.74) is 6.01. The molecule has 1 saturated carbocycles. The minimum atomic E-state index is -0.308. The van der Waals surface area contributed by atoms with Crippen molar-refractivity contribution in [1.82, 2.24) is 5.32 Å². The van der Waals surface area contributed by atoms with Gasteiger partial charge in [-0.05, 0) is 25.7 Å². The summed E-state index contributed by atoms with van der Waals surface area (Å²) >= 11 is 0.